The Morgan fingerprint density at radius 2 is 1.85 bits per heavy atom. The number of hydrogen-bond donors (Lipinski definition) is 1. The molecule has 0 saturated carbocycles. The lowest BCUT2D eigenvalue weighted by Crippen LogP contribution is -2.20. The summed E-state index contributed by atoms with van der Waals surface area (Å²) in [6.45, 7) is 3.49. The third-order valence-electron chi connectivity index (χ3n) is 2.71. The van der Waals surface area contributed by atoms with Gasteiger partial charge in [-0.15, -0.1) is 0 Å². The number of benzene rings is 1. The van der Waals surface area contributed by atoms with Crippen molar-refractivity contribution < 1.29 is 9.47 Å². The summed E-state index contributed by atoms with van der Waals surface area (Å²) in [5.74, 6) is 0.880. The van der Waals surface area contributed by atoms with Crippen molar-refractivity contribution in [2.24, 2.45) is 0 Å². The Balaban J connectivity index is 1.44. The number of hydrogen-bond acceptors (Lipinski definition) is 4. The lowest BCUT2D eigenvalue weighted by atomic mass is 10.3. The van der Waals surface area contributed by atoms with Gasteiger partial charge in [0.25, 0.3) is 0 Å². The molecule has 1 heterocycles. The predicted molar refractivity (Wildman–Crippen MR) is 78.7 cm³/mol. The number of nitrogens with zero attached hydrogens (tertiary/aromatic N) is 1. The van der Waals surface area contributed by atoms with E-state index >= 15 is 0 Å². The fourth-order valence-corrected chi connectivity index (χ4v) is 1.72. The van der Waals surface area contributed by atoms with Gasteiger partial charge in [-0.3, -0.25) is 4.98 Å². The summed E-state index contributed by atoms with van der Waals surface area (Å²) in [5.41, 5.74) is 1.18. The standard InChI is InChI=1S/C16H20N2O2/c1-2-6-16(7-3-1)20-12-11-19-10-9-18-14-15-5-4-8-17-13-15/h1-8,13,18H,9-12,14H2. The fourth-order valence-electron chi connectivity index (χ4n) is 1.72. The highest BCUT2D eigenvalue weighted by Gasteiger charge is 1.94. The molecule has 0 aliphatic rings. The van der Waals surface area contributed by atoms with Gasteiger partial charge in [-0.05, 0) is 23.8 Å². The zero-order valence-electron chi connectivity index (χ0n) is 11.5. The molecule has 0 spiro atoms. The molecule has 0 fully saturated rings. The van der Waals surface area contributed by atoms with Crippen LogP contribution >= 0.6 is 0 Å². The summed E-state index contributed by atoms with van der Waals surface area (Å²) in [6, 6.07) is 13.8. The van der Waals surface area contributed by atoms with E-state index in [2.05, 4.69) is 16.4 Å². The van der Waals surface area contributed by atoms with Crippen LogP contribution < -0.4 is 10.1 Å². The molecule has 0 amide bonds. The van der Waals surface area contributed by atoms with Crippen molar-refractivity contribution in [2.45, 2.75) is 6.54 Å². The van der Waals surface area contributed by atoms with Gasteiger partial charge in [0, 0.05) is 25.5 Å². The number of para-hydroxylation sites is 1. The van der Waals surface area contributed by atoms with Crippen LogP contribution in [0.3, 0.4) is 0 Å². The maximum Gasteiger partial charge on any atom is 0.119 e. The fraction of sp³-hybridized carbons (Fsp3) is 0.312. The summed E-state index contributed by atoms with van der Waals surface area (Å²) in [6.07, 6.45) is 3.64. The van der Waals surface area contributed by atoms with Gasteiger partial charge in [0.15, 0.2) is 0 Å². The molecule has 4 nitrogen and oxygen atoms in total. The van der Waals surface area contributed by atoms with Crippen molar-refractivity contribution in [1.82, 2.24) is 10.3 Å². The maximum atomic E-state index is 5.53. The summed E-state index contributed by atoms with van der Waals surface area (Å²) in [4.78, 5) is 4.07. The molecule has 2 rings (SSSR count). The molecule has 0 aliphatic carbocycles. The van der Waals surface area contributed by atoms with Crippen LogP contribution in [0.2, 0.25) is 0 Å². The molecule has 0 saturated heterocycles. The Kier molecular flexibility index (Phi) is 6.57. The molecule has 0 atom stereocenters. The van der Waals surface area contributed by atoms with E-state index in [4.69, 9.17) is 9.47 Å². The minimum Gasteiger partial charge on any atom is -0.491 e. The highest BCUT2D eigenvalue weighted by molar-refractivity contribution is 5.20. The molecule has 106 valence electrons. The van der Waals surface area contributed by atoms with E-state index in [1.165, 1.54) is 5.56 Å². The van der Waals surface area contributed by atoms with Crippen molar-refractivity contribution in [2.75, 3.05) is 26.4 Å². The van der Waals surface area contributed by atoms with Crippen LogP contribution in [0.4, 0.5) is 0 Å². The molecule has 0 aliphatic heterocycles. The summed E-state index contributed by atoms with van der Waals surface area (Å²) in [5, 5.41) is 3.30. The third kappa shape index (κ3) is 5.82. The Morgan fingerprint density at radius 1 is 0.950 bits per heavy atom. The van der Waals surface area contributed by atoms with E-state index in [0.29, 0.717) is 19.8 Å². The van der Waals surface area contributed by atoms with Crippen molar-refractivity contribution in [1.29, 1.82) is 0 Å². The van der Waals surface area contributed by atoms with Crippen LogP contribution in [0.15, 0.2) is 54.9 Å². The Hall–Kier alpha value is -1.91. The topological polar surface area (TPSA) is 43.4 Å². The summed E-state index contributed by atoms with van der Waals surface area (Å²) >= 11 is 0. The molecule has 20 heavy (non-hydrogen) atoms. The first-order valence-corrected chi connectivity index (χ1v) is 6.80. The van der Waals surface area contributed by atoms with E-state index in [9.17, 15) is 0 Å². The molecule has 1 N–H and O–H groups in total. The number of ether oxygens (including phenoxy) is 2. The van der Waals surface area contributed by atoms with Crippen molar-refractivity contribution in [3.05, 3.63) is 60.4 Å². The molecule has 1 aromatic carbocycles. The largest absolute Gasteiger partial charge is 0.491 e. The van der Waals surface area contributed by atoms with Crippen molar-refractivity contribution in [3.63, 3.8) is 0 Å². The summed E-state index contributed by atoms with van der Waals surface area (Å²) < 4.78 is 11.0. The minimum atomic E-state index is 0.576. The SMILES string of the molecule is c1ccc(OCCOCCNCc2cccnc2)cc1. The number of aromatic nitrogens is 1. The third-order valence-corrected chi connectivity index (χ3v) is 2.71. The van der Waals surface area contributed by atoms with Crippen LogP contribution in [-0.2, 0) is 11.3 Å². The zero-order chi connectivity index (χ0) is 13.9. The van der Waals surface area contributed by atoms with Gasteiger partial charge in [-0.2, -0.15) is 0 Å². The molecule has 2 aromatic rings. The van der Waals surface area contributed by atoms with Crippen LogP contribution in [-0.4, -0.2) is 31.3 Å². The molecular formula is C16H20N2O2. The molecule has 0 unspecified atom stereocenters. The molecular weight excluding hydrogens is 252 g/mol. The lowest BCUT2D eigenvalue weighted by molar-refractivity contribution is 0.102. The molecule has 0 radical (unpaired) electrons. The Morgan fingerprint density at radius 3 is 2.65 bits per heavy atom. The average molecular weight is 272 g/mol. The second-order valence-electron chi connectivity index (χ2n) is 4.31. The van der Waals surface area contributed by atoms with Gasteiger partial charge in [0.05, 0.1) is 13.2 Å². The van der Waals surface area contributed by atoms with Gasteiger partial charge in [0.2, 0.25) is 0 Å². The summed E-state index contributed by atoms with van der Waals surface area (Å²) in [7, 11) is 0. The average Bonchev–Trinajstić information content (AvgIpc) is 2.52. The van der Waals surface area contributed by atoms with Gasteiger partial charge in [-0.1, -0.05) is 24.3 Å². The second kappa shape index (κ2) is 9.07. The second-order valence-corrected chi connectivity index (χ2v) is 4.31. The van der Waals surface area contributed by atoms with Gasteiger partial charge in [-0.25, -0.2) is 0 Å². The normalized spacial score (nSPS) is 10.4. The lowest BCUT2D eigenvalue weighted by Gasteiger charge is -2.08. The first-order valence-electron chi connectivity index (χ1n) is 6.80. The highest BCUT2D eigenvalue weighted by atomic mass is 16.5. The van der Waals surface area contributed by atoms with Crippen LogP contribution in [0.25, 0.3) is 0 Å². The van der Waals surface area contributed by atoms with E-state index < -0.39 is 0 Å². The van der Waals surface area contributed by atoms with E-state index in [1.54, 1.807) is 6.20 Å². The van der Waals surface area contributed by atoms with Gasteiger partial charge >= 0.3 is 0 Å². The van der Waals surface area contributed by atoms with Crippen LogP contribution in [0.1, 0.15) is 5.56 Å². The van der Waals surface area contributed by atoms with E-state index in [1.807, 2.05) is 42.6 Å². The van der Waals surface area contributed by atoms with Crippen LogP contribution in [0.5, 0.6) is 5.75 Å². The first kappa shape index (κ1) is 14.5. The van der Waals surface area contributed by atoms with Crippen molar-refractivity contribution in [3.8, 4) is 5.75 Å². The number of nitrogens with one attached hydrogen (secondary N) is 1. The predicted octanol–water partition coefficient (Wildman–Crippen LogP) is 2.27. The monoisotopic (exact) mass is 272 g/mol. The number of rotatable bonds is 9. The quantitative estimate of drug-likeness (QED) is 0.711. The zero-order valence-corrected chi connectivity index (χ0v) is 11.5. The Labute approximate surface area is 119 Å². The highest BCUT2D eigenvalue weighted by Crippen LogP contribution is 2.07. The van der Waals surface area contributed by atoms with Crippen LogP contribution in [0, 0.1) is 0 Å². The number of pyridine rings is 1. The maximum absolute atomic E-state index is 5.53. The molecule has 1 aromatic heterocycles. The van der Waals surface area contributed by atoms with Gasteiger partial charge in [0.1, 0.15) is 12.4 Å². The first-order chi connectivity index (χ1) is 9.95. The van der Waals surface area contributed by atoms with Crippen molar-refractivity contribution >= 4 is 0 Å². The van der Waals surface area contributed by atoms with E-state index in [0.717, 1.165) is 18.8 Å². The molecule has 0 bridgehead atoms. The minimum absolute atomic E-state index is 0.576. The van der Waals surface area contributed by atoms with Gasteiger partial charge < -0.3 is 14.8 Å². The smallest absolute Gasteiger partial charge is 0.119 e. The Bertz CT molecular complexity index is 417. The van der Waals surface area contributed by atoms with E-state index in [-0.39, 0.29) is 0 Å². The molecule has 4 heteroatoms.